The number of rotatable bonds is 6. The molecule has 0 fully saturated rings. The van der Waals surface area contributed by atoms with Gasteiger partial charge in [-0.1, -0.05) is 12.1 Å². The van der Waals surface area contributed by atoms with Gasteiger partial charge in [-0.3, -0.25) is 15.0 Å². The summed E-state index contributed by atoms with van der Waals surface area (Å²) in [5.74, 6) is -0.123. The Kier molecular flexibility index (Phi) is 5.18. The molecule has 0 unspecified atom stereocenters. The van der Waals surface area contributed by atoms with E-state index in [1.54, 1.807) is 0 Å². The van der Waals surface area contributed by atoms with E-state index in [4.69, 9.17) is 4.84 Å². The molecular formula is C10H17N3O3. The van der Waals surface area contributed by atoms with Crippen molar-refractivity contribution < 1.29 is 14.4 Å². The molecule has 0 atom stereocenters. The van der Waals surface area contributed by atoms with Crippen molar-refractivity contribution in [1.82, 2.24) is 15.9 Å². The lowest BCUT2D eigenvalue weighted by molar-refractivity contribution is -0.171. The normalized spacial score (nSPS) is 13.2. The Morgan fingerprint density at radius 2 is 2.25 bits per heavy atom. The highest BCUT2D eigenvalue weighted by Crippen LogP contribution is 2.00. The van der Waals surface area contributed by atoms with E-state index in [1.165, 1.54) is 12.5 Å². The highest BCUT2D eigenvalue weighted by atomic mass is 16.7. The van der Waals surface area contributed by atoms with Crippen molar-refractivity contribution in [2.24, 2.45) is 0 Å². The fourth-order valence-electron chi connectivity index (χ4n) is 1.24. The quantitative estimate of drug-likeness (QED) is 0.646. The standard InChI is InChI=1S/C10H17N3O3/c1-2-4-9(14)11-6-3-5-10(15)13-12-7-8-16-13/h7-8,12H,2-6H2,1H3,(H,11,14). The Bertz CT molecular complexity index is 270. The van der Waals surface area contributed by atoms with Crippen LogP contribution in [0.5, 0.6) is 0 Å². The summed E-state index contributed by atoms with van der Waals surface area (Å²) in [5, 5.41) is 3.81. The van der Waals surface area contributed by atoms with Crippen LogP contribution in [0.3, 0.4) is 0 Å². The van der Waals surface area contributed by atoms with E-state index in [2.05, 4.69) is 10.7 Å². The third kappa shape index (κ3) is 4.20. The highest BCUT2D eigenvalue weighted by molar-refractivity contribution is 5.76. The third-order valence-corrected chi connectivity index (χ3v) is 2.02. The van der Waals surface area contributed by atoms with E-state index in [0.717, 1.165) is 11.6 Å². The minimum absolute atomic E-state index is 0.0344. The van der Waals surface area contributed by atoms with Gasteiger partial charge in [0.1, 0.15) is 6.26 Å². The van der Waals surface area contributed by atoms with Crippen molar-refractivity contribution in [3.63, 3.8) is 0 Å². The molecule has 1 aliphatic rings. The average molecular weight is 227 g/mol. The second kappa shape index (κ2) is 6.71. The number of carbonyl (C=O) groups excluding carboxylic acids is 2. The van der Waals surface area contributed by atoms with Crippen molar-refractivity contribution in [2.45, 2.75) is 32.6 Å². The van der Waals surface area contributed by atoms with Gasteiger partial charge in [0.15, 0.2) is 0 Å². The molecule has 1 aliphatic heterocycles. The Morgan fingerprint density at radius 1 is 1.44 bits per heavy atom. The first kappa shape index (κ1) is 12.4. The number of carbonyl (C=O) groups is 2. The van der Waals surface area contributed by atoms with E-state index >= 15 is 0 Å². The maximum Gasteiger partial charge on any atom is 0.278 e. The molecule has 0 bridgehead atoms. The molecule has 0 saturated carbocycles. The Hall–Kier alpha value is -1.72. The van der Waals surface area contributed by atoms with E-state index < -0.39 is 0 Å². The summed E-state index contributed by atoms with van der Waals surface area (Å²) in [6, 6.07) is 0. The van der Waals surface area contributed by atoms with Gasteiger partial charge < -0.3 is 10.2 Å². The molecule has 0 spiro atoms. The first-order chi connectivity index (χ1) is 7.74. The molecule has 6 nitrogen and oxygen atoms in total. The van der Waals surface area contributed by atoms with Crippen LogP contribution >= 0.6 is 0 Å². The molecule has 1 rings (SSSR count). The van der Waals surface area contributed by atoms with Gasteiger partial charge in [0.2, 0.25) is 5.91 Å². The zero-order valence-electron chi connectivity index (χ0n) is 9.36. The molecule has 0 radical (unpaired) electrons. The summed E-state index contributed by atoms with van der Waals surface area (Å²) in [6.07, 6.45) is 5.23. The number of hydrazine groups is 1. The molecule has 0 aromatic carbocycles. The molecule has 0 aromatic heterocycles. The summed E-state index contributed by atoms with van der Waals surface area (Å²) < 4.78 is 0. The van der Waals surface area contributed by atoms with Crippen LogP contribution in [0.25, 0.3) is 0 Å². The number of nitrogens with zero attached hydrogens (tertiary/aromatic N) is 1. The molecule has 0 aliphatic carbocycles. The van der Waals surface area contributed by atoms with Crippen LogP contribution in [0.1, 0.15) is 32.6 Å². The van der Waals surface area contributed by atoms with Crippen molar-refractivity contribution in [2.75, 3.05) is 6.54 Å². The van der Waals surface area contributed by atoms with E-state index in [9.17, 15) is 9.59 Å². The molecule has 0 aromatic rings. The monoisotopic (exact) mass is 227 g/mol. The zero-order valence-corrected chi connectivity index (χ0v) is 9.36. The second-order valence-electron chi connectivity index (χ2n) is 3.43. The second-order valence-corrected chi connectivity index (χ2v) is 3.43. The van der Waals surface area contributed by atoms with Crippen molar-refractivity contribution in [1.29, 1.82) is 0 Å². The lowest BCUT2D eigenvalue weighted by atomic mass is 10.3. The summed E-state index contributed by atoms with van der Waals surface area (Å²) in [6.45, 7) is 2.47. The van der Waals surface area contributed by atoms with Crippen LogP contribution in [0.4, 0.5) is 0 Å². The zero-order chi connectivity index (χ0) is 11.8. The minimum Gasteiger partial charge on any atom is -0.363 e. The predicted molar refractivity (Wildman–Crippen MR) is 57.4 cm³/mol. The SMILES string of the molecule is CCCC(=O)NCCCC(=O)N1NC=CO1. The average Bonchev–Trinajstić information content (AvgIpc) is 2.78. The van der Waals surface area contributed by atoms with Crippen LogP contribution in [0.2, 0.25) is 0 Å². The Balaban J connectivity index is 2.02. The highest BCUT2D eigenvalue weighted by Gasteiger charge is 2.15. The fraction of sp³-hybridized carbons (Fsp3) is 0.600. The van der Waals surface area contributed by atoms with Crippen LogP contribution in [0, 0.1) is 0 Å². The van der Waals surface area contributed by atoms with Gasteiger partial charge in [-0.25, -0.2) is 0 Å². The number of hydroxylamine groups is 1. The van der Waals surface area contributed by atoms with Crippen molar-refractivity contribution in [3.8, 4) is 0 Å². The van der Waals surface area contributed by atoms with Crippen LogP contribution in [-0.4, -0.2) is 23.5 Å². The summed E-state index contributed by atoms with van der Waals surface area (Å²) in [7, 11) is 0. The molecule has 6 heteroatoms. The molecule has 2 amide bonds. The first-order valence-electron chi connectivity index (χ1n) is 5.41. The maximum atomic E-state index is 11.4. The minimum atomic E-state index is -0.158. The number of amides is 2. The van der Waals surface area contributed by atoms with Gasteiger partial charge in [0, 0.05) is 19.4 Å². The summed E-state index contributed by atoms with van der Waals surface area (Å²) in [4.78, 5) is 27.3. The van der Waals surface area contributed by atoms with Crippen molar-refractivity contribution >= 4 is 11.8 Å². The first-order valence-corrected chi connectivity index (χ1v) is 5.41. The topological polar surface area (TPSA) is 70.7 Å². The van der Waals surface area contributed by atoms with Gasteiger partial charge in [0.05, 0.1) is 6.20 Å². The predicted octanol–water partition coefficient (Wildman–Crippen LogP) is 0.432. The molecule has 2 N–H and O–H groups in total. The molecule has 90 valence electrons. The number of nitrogens with one attached hydrogen (secondary N) is 2. The van der Waals surface area contributed by atoms with Gasteiger partial charge in [-0.2, -0.15) is 0 Å². The molecule has 16 heavy (non-hydrogen) atoms. The number of hydrogen-bond donors (Lipinski definition) is 2. The van der Waals surface area contributed by atoms with E-state index in [1.807, 2.05) is 6.92 Å². The third-order valence-electron chi connectivity index (χ3n) is 2.02. The lowest BCUT2D eigenvalue weighted by Gasteiger charge is -2.13. The van der Waals surface area contributed by atoms with E-state index in [0.29, 0.717) is 25.8 Å². The lowest BCUT2D eigenvalue weighted by Crippen LogP contribution is -2.35. The van der Waals surface area contributed by atoms with E-state index in [-0.39, 0.29) is 11.8 Å². The summed E-state index contributed by atoms with van der Waals surface area (Å²) >= 11 is 0. The maximum absolute atomic E-state index is 11.4. The van der Waals surface area contributed by atoms with Crippen molar-refractivity contribution in [3.05, 3.63) is 12.5 Å². The van der Waals surface area contributed by atoms with Crippen LogP contribution in [0.15, 0.2) is 12.5 Å². The van der Waals surface area contributed by atoms with Crippen LogP contribution < -0.4 is 10.7 Å². The summed E-state index contributed by atoms with van der Waals surface area (Å²) in [5.41, 5.74) is 2.62. The van der Waals surface area contributed by atoms with Gasteiger partial charge in [-0.15, -0.1) is 0 Å². The molecule has 1 heterocycles. The van der Waals surface area contributed by atoms with Gasteiger partial charge in [0.25, 0.3) is 5.91 Å². The van der Waals surface area contributed by atoms with Crippen LogP contribution in [-0.2, 0) is 14.4 Å². The largest absolute Gasteiger partial charge is 0.363 e. The molecule has 0 saturated heterocycles. The Labute approximate surface area is 94.5 Å². The molecular weight excluding hydrogens is 210 g/mol. The Morgan fingerprint density at radius 3 is 2.88 bits per heavy atom. The number of hydrogen-bond acceptors (Lipinski definition) is 4. The smallest absolute Gasteiger partial charge is 0.278 e. The van der Waals surface area contributed by atoms with Gasteiger partial charge >= 0.3 is 0 Å². The van der Waals surface area contributed by atoms with Gasteiger partial charge in [-0.05, 0) is 12.8 Å². The fourth-order valence-corrected chi connectivity index (χ4v) is 1.24.